The molecule has 2 bridgehead atoms. The van der Waals surface area contributed by atoms with Crippen LogP contribution in [-0.4, -0.2) is 29.3 Å². The molecule has 2 aliphatic rings. The highest BCUT2D eigenvalue weighted by atomic mass is 28.3. The summed E-state index contributed by atoms with van der Waals surface area (Å²) in [5, 5.41) is 0. The molecule has 2 rings (SSSR count). The SMILES string of the molecule is CC1=CC2CCC1C2.CCO[SiH](OCC)OCC. The van der Waals surface area contributed by atoms with Crippen LogP contribution in [0.2, 0.25) is 0 Å². The van der Waals surface area contributed by atoms with Crippen molar-refractivity contribution in [2.45, 2.75) is 47.0 Å². The quantitative estimate of drug-likeness (QED) is 0.549. The van der Waals surface area contributed by atoms with Gasteiger partial charge in [0.2, 0.25) is 0 Å². The fraction of sp³-hybridized carbons (Fsp3) is 0.857. The maximum absolute atomic E-state index is 5.22. The monoisotopic (exact) mass is 272 g/mol. The van der Waals surface area contributed by atoms with Gasteiger partial charge in [-0.2, -0.15) is 0 Å². The first kappa shape index (κ1) is 15.9. The van der Waals surface area contributed by atoms with Gasteiger partial charge in [0.05, 0.1) is 0 Å². The maximum Gasteiger partial charge on any atom is 0.484 e. The Morgan fingerprint density at radius 3 is 1.83 bits per heavy atom. The Kier molecular flexibility index (Phi) is 7.82. The number of hydrogen-bond donors (Lipinski definition) is 0. The number of hydrogen-bond acceptors (Lipinski definition) is 3. The molecule has 0 N–H and O–H groups in total. The summed E-state index contributed by atoms with van der Waals surface area (Å²) in [6.07, 6.45) is 6.90. The summed E-state index contributed by atoms with van der Waals surface area (Å²) in [6.45, 7) is 10.1. The van der Waals surface area contributed by atoms with Gasteiger partial charge < -0.3 is 13.3 Å². The Balaban J connectivity index is 0.000000182. The zero-order chi connectivity index (χ0) is 13.4. The van der Waals surface area contributed by atoms with Crippen LogP contribution in [0, 0.1) is 11.8 Å². The number of fused-ring (bicyclic) bond motifs is 2. The smallest absolute Gasteiger partial charge is 0.376 e. The maximum atomic E-state index is 5.22. The molecule has 0 amide bonds. The zero-order valence-corrected chi connectivity index (χ0v) is 13.4. The molecular weight excluding hydrogens is 244 g/mol. The Morgan fingerprint density at radius 1 is 1.06 bits per heavy atom. The van der Waals surface area contributed by atoms with Gasteiger partial charge >= 0.3 is 9.53 Å². The third kappa shape index (κ3) is 5.22. The molecule has 0 aromatic rings. The lowest BCUT2D eigenvalue weighted by molar-refractivity contribution is 0.107. The van der Waals surface area contributed by atoms with E-state index in [0.29, 0.717) is 19.8 Å². The topological polar surface area (TPSA) is 27.7 Å². The van der Waals surface area contributed by atoms with Gasteiger partial charge in [-0.15, -0.1) is 0 Å². The van der Waals surface area contributed by atoms with Crippen LogP contribution in [0.25, 0.3) is 0 Å². The molecule has 0 spiro atoms. The van der Waals surface area contributed by atoms with Crippen molar-refractivity contribution in [1.82, 2.24) is 0 Å². The van der Waals surface area contributed by atoms with Gasteiger partial charge in [0.15, 0.2) is 0 Å². The van der Waals surface area contributed by atoms with Crippen molar-refractivity contribution in [2.24, 2.45) is 11.8 Å². The van der Waals surface area contributed by atoms with Gasteiger partial charge in [0, 0.05) is 19.8 Å². The lowest BCUT2D eigenvalue weighted by atomic mass is 10.0. The standard InChI is InChI=1S/C8H12.C6H16O3Si/c1-6-4-7-2-3-8(6)5-7;1-4-7-10(8-5-2)9-6-3/h4,7-8H,2-3,5H2,1H3;10H,4-6H2,1-3H3. The molecule has 18 heavy (non-hydrogen) atoms. The minimum absolute atomic E-state index is 0.677. The Morgan fingerprint density at radius 2 is 1.61 bits per heavy atom. The summed E-state index contributed by atoms with van der Waals surface area (Å²) >= 11 is 0. The lowest BCUT2D eigenvalue weighted by Gasteiger charge is -2.12. The molecule has 0 aliphatic heterocycles. The molecule has 2 aliphatic carbocycles. The van der Waals surface area contributed by atoms with Gasteiger partial charge in [-0.05, 0) is 58.8 Å². The van der Waals surface area contributed by atoms with E-state index in [2.05, 4.69) is 13.0 Å². The lowest BCUT2D eigenvalue weighted by Crippen LogP contribution is -2.27. The minimum Gasteiger partial charge on any atom is -0.376 e. The predicted octanol–water partition coefficient (Wildman–Crippen LogP) is 3.18. The van der Waals surface area contributed by atoms with Crippen molar-refractivity contribution < 1.29 is 13.3 Å². The third-order valence-electron chi connectivity index (χ3n) is 3.52. The average molecular weight is 272 g/mol. The molecule has 106 valence electrons. The van der Waals surface area contributed by atoms with Gasteiger partial charge in [-0.3, -0.25) is 0 Å². The van der Waals surface area contributed by atoms with Crippen molar-refractivity contribution in [3.05, 3.63) is 11.6 Å². The van der Waals surface area contributed by atoms with Gasteiger partial charge in [-0.1, -0.05) is 11.6 Å². The average Bonchev–Trinajstić information content (AvgIpc) is 2.92. The summed E-state index contributed by atoms with van der Waals surface area (Å²) < 4.78 is 15.7. The molecule has 0 aromatic carbocycles. The Hall–Kier alpha value is -0.163. The second kappa shape index (κ2) is 8.86. The minimum atomic E-state index is -1.73. The number of rotatable bonds is 6. The van der Waals surface area contributed by atoms with Crippen LogP contribution < -0.4 is 0 Å². The molecule has 3 nitrogen and oxygen atoms in total. The van der Waals surface area contributed by atoms with Crippen molar-refractivity contribution in [3.8, 4) is 0 Å². The van der Waals surface area contributed by atoms with E-state index in [1.54, 1.807) is 5.57 Å². The molecule has 1 fully saturated rings. The van der Waals surface area contributed by atoms with Crippen LogP contribution in [-0.2, 0) is 13.3 Å². The summed E-state index contributed by atoms with van der Waals surface area (Å²) in [6, 6.07) is 0. The largest absolute Gasteiger partial charge is 0.484 e. The first-order valence-electron chi connectivity index (χ1n) is 7.24. The molecule has 0 saturated heterocycles. The van der Waals surface area contributed by atoms with E-state index in [4.69, 9.17) is 13.3 Å². The van der Waals surface area contributed by atoms with Crippen LogP contribution in [0.5, 0.6) is 0 Å². The fourth-order valence-corrected chi connectivity index (χ4v) is 3.75. The normalized spacial score (nSPS) is 25.1. The van der Waals surface area contributed by atoms with E-state index in [9.17, 15) is 0 Å². The van der Waals surface area contributed by atoms with Crippen LogP contribution in [0.15, 0.2) is 11.6 Å². The molecular formula is C14H28O3Si. The highest BCUT2D eigenvalue weighted by molar-refractivity contribution is 6.36. The summed E-state index contributed by atoms with van der Waals surface area (Å²) in [4.78, 5) is 0. The second-order valence-electron chi connectivity index (χ2n) is 4.84. The van der Waals surface area contributed by atoms with Gasteiger partial charge in [-0.25, -0.2) is 0 Å². The zero-order valence-electron chi connectivity index (χ0n) is 12.3. The Bertz CT molecular complexity index is 241. The summed E-state index contributed by atoms with van der Waals surface area (Å²) in [5.41, 5.74) is 1.67. The fourth-order valence-electron chi connectivity index (χ4n) is 2.64. The van der Waals surface area contributed by atoms with Crippen LogP contribution >= 0.6 is 0 Å². The van der Waals surface area contributed by atoms with Gasteiger partial charge in [0.1, 0.15) is 0 Å². The molecule has 1 saturated carbocycles. The molecule has 0 radical (unpaired) electrons. The van der Waals surface area contributed by atoms with Gasteiger partial charge in [0.25, 0.3) is 0 Å². The highest BCUT2D eigenvalue weighted by Gasteiger charge is 2.29. The number of allylic oxidation sites excluding steroid dienone is 2. The highest BCUT2D eigenvalue weighted by Crippen LogP contribution is 2.43. The van der Waals surface area contributed by atoms with E-state index in [-0.39, 0.29) is 0 Å². The molecule has 2 atom stereocenters. The molecule has 0 aromatic heterocycles. The van der Waals surface area contributed by atoms with Crippen LogP contribution in [0.1, 0.15) is 47.0 Å². The second-order valence-corrected chi connectivity index (χ2v) is 6.41. The molecule has 2 unspecified atom stereocenters. The van der Waals surface area contributed by atoms with Crippen LogP contribution in [0.3, 0.4) is 0 Å². The first-order valence-corrected chi connectivity index (χ1v) is 8.65. The van der Waals surface area contributed by atoms with E-state index < -0.39 is 9.53 Å². The summed E-state index contributed by atoms with van der Waals surface area (Å²) in [7, 11) is -1.73. The van der Waals surface area contributed by atoms with Crippen molar-refractivity contribution >= 4 is 9.53 Å². The van der Waals surface area contributed by atoms with Crippen LogP contribution in [0.4, 0.5) is 0 Å². The predicted molar refractivity (Wildman–Crippen MR) is 76.6 cm³/mol. The Labute approximate surface area is 113 Å². The van der Waals surface area contributed by atoms with Crippen molar-refractivity contribution in [3.63, 3.8) is 0 Å². The van der Waals surface area contributed by atoms with Crippen molar-refractivity contribution in [1.29, 1.82) is 0 Å². The first-order chi connectivity index (χ1) is 8.71. The van der Waals surface area contributed by atoms with E-state index in [1.807, 2.05) is 20.8 Å². The van der Waals surface area contributed by atoms with E-state index >= 15 is 0 Å². The summed E-state index contributed by atoms with van der Waals surface area (Å²) in [5.74, 6) is 1.99. The van der Waals surface area contributed by atoms with E-state index in [1.165, 1.54) is 19.3 Å². The molecule has 4 heteroatoms. The third-order valence-corrected chi connectivity index (χ3v) is 5.34. The molecule has 0 heterocycles. The van der Waals surface area contributed by atoms with E-state index in [0.717, 1.165) is 11.8 Å². The van der Waals surface area contributed by atoms with Crippen molar-refractivity contribution in [2.75, 3.05) is 19.8 Å².